The average Bonchev–Trinajstić information content (AvgIpc) is 3.30. The van der Waals surface area contributed by atoms with Crippen molar-refractivity contribution in [1.82, 2.24) is 15.3 Å². The van der Waals surface area contributed by atoms with Crippen LogP contribution in [0, 0.1) is 12.7 Å². The zero-order valence-corrected chi connectivity index (χ0v) is 18.0. The molecule has 0 saturated carbocycles. The Kier molecular flexibility index (Phi) is 6.95. The van der Waals surface area contributed by atoms with E-state index in [1.165, 1.54) is 12.1 Å². The summed E-state index contributed by atoms with van der Waals surface area (Å²) in [6.45, 7) is 2.33. The van der Waals surface area contributed by atoms with Crippen LogP contribution in [0.15, 0.2) is 29.4 Å². The molecule has 2 N–H and O–H groups in total. The van der Waals surface area contributed by atoms with Gasteiger partial charge in [-0.1, -0.05) is 22.8 Å². The number of benzene rings is 1. The lowest BCUT2D eigenvalue weighted by Gasteiger charge is -2.30. The standard InChI is InChI=1S/C21H22ClFN4O5/c1-11-25-16(17-6-19(32-27-17)20-10-30-13(8-28)9-31-20)5-18(26-11)21(29)24-7-12-2-3-15(23)14(22)4-12/h2-5,13,19-20,28H,6-10H2,1H3,(H,24,29)/t13-,19?,20?/m0/s1. The summed E-state index contributed by atoms with van der Waals surface area (Å²) < 4.78 is 24.5. The smallest absolute Gasteiger partial charge is 0.270 e. The fraction of sp³-hybridized carbons (Fsp3) is 0.429. The SMILES string of the molecule is Cc1nc(C(=O)NCc2ccc(F)c(Cl)c2)cc(C2=NOC(C3CO[C@@H](CO)CO3)C2)n1. The second-order valence-electron chi connectivity index (χ2n) is 7.51. The van der Waals surface area contributed by atoms with E-state index in [2.05, 4.69) is 20.4 Å². The minimum atomic E-state index is -0.519. The van der Waals surface area contributed by atoms with Crippen molar-refractivity contribution < 1.29 is 28.6 Å². The van der Waals surface area contributed by atoms with E-state index in [1.807, 2.05) is 0 Å². The Labute approximate surface area is 188 Å². The number of hydrogen-bond donors (Lipinski definition) is 2. The summed E-state index contributed by atoms with van der Waals surface area (Å²) in [6.07, 6.45) is -0.555. The topological polar surface area (TPSA) is 115 Å². The summed E-state index contributed by atoms with van der Waals surface area (Å²) in [6, 6.07) is 5.79. The normalized spacial score (nSPS) is 22.9. The number of oxime groups is 1. The number of hydrogen-bond acceptors (Lipinski definition) is 8. The maximum Gasteiger partial charge on any atom is 0.270 e. The highest BCUT2D eigenvalue weighted by Crippen LogP contribution is 2.23. The molecule has 1 amide bonds. The molecule has 0 bridgehead atoms. The highest BCUT2D eigenvalue weighted by atomic mass is 35.5. The van der Waals surface area contributed by atoms with E-state index in [-0.39, 0.29) is 48.8 Å². The number of amides is 1. The Morgan fingerprint density at radius 3 is 2.81 bits per heavy atom. The minimum Gasteiger partial charge on any atom is -0.394 e. The summed E-state index contributed by atoms with van der Waals surface area (Å²) >= 11 is 5.78. The molecule has 1 aromatic heterocycles. The molecule has 3 atom stereocenters. The van der Waals surface area contributed by atoms with Crippen LogP contribution in [0.2, 0.25) is 5.02 Å². The van der Waals surface area contributed by atoms with Gasteiger partial charge >= 0.3 is 0 Å². The van der Waals surface area contributed by atoms with Crippen LogP contribution in [0.4, 0.5) is 4.39 Å². The Morgan fingerprint density at radius 1 is 1.25 bits per heavy atom. The molecular formula is C21H22ClFN4O5. The van der Waals surface area contributed by atoms with E-state index in [4.69, 9.17) is 31.0 Å². The van der Waals surface area contributed by atoms with Gasteiger partial charge in [-0.25, -0.2) is 14.4 Å². The van der Waals surface area contributed by atoms with Crippen LogP contribution in [0.3, 0.4) is 0 Å². The maximum absolute atomic E-state index is 13.3. The zero-order valence-electron chi connectivity index (χ0n) is 17.3. The van der Waals surface area contributed by atoms with Gasteiger partial charge in [0.25, 0.3) is 5.91 Å². The van der Waals surface area contributed by atoms with Crippen molar-refractivity contribution in [3.05, 3.63) is 57.9 Å². The van der Waals surface area contributed by atoms with Gasteiger partial charge in [-0.05, 0) is 30.7 Å². The lowest BCUT2D eigenvalue weighted by molar-refractivity contribution is -0.178. The first-order chi connectivity index (χ1) is 15.4. The summed E-state index contributed by atoms with van der Waals surface area (Å²) in [4.78, 5) is 26.7. The first-order valence-corrected chi connectivity index (χ1v) is 10.5. The molecule has 2 aliphatic heterocycles. The Balaban J connectivity index is 1.39. The van der Waals surface area contributed by atoms with Crippen LogP contribution in [-0.2, 0) is 20.9 Å². The van der Waals surface area contributed by atoms with E-state index in [1.54, 1.807) is 19.1 Å². The molecule has 1 aromatic carbocycles. The highest BCUT2D eigenvalue weighted by molar-refractivity contribution is 6.30. The van der Waals surface area contributed by atoms with Crippen LogP contribution >= 0.6 is 11.6 Å². The van der Waals surface area contributed by atoms with E-state index in [0.717, 1.165) is 0 Å². The third-order valence-corrected chi connectivity index (χ3v) is 5.40. The molecule has 0 radical (unpaired) electrons. The lowest BCUT2D eigenvalue weighted by atomic mass is 10.0. The van der Waals surface area contributed by atoms with Crippen molar-refractivity contribution in [2.75, 3.05) is 19.8 Å². The molecular weight excluding hydrogens is 443 g/mol. The molecule has 2 aliphatic rings. The van der Waals surface area contributed by atoms with E-state index < -0.39 is 11.7 Å². The number of aromatic nitrogens is 2. The third kappa shape index (κ3) is 5.21. The zero-order chi connectivity index (χ0) is 22.7. The number of nitrogens with zero attached hydrogens (tertiary/aromatic N) is 3. The third-order valence-electron chi connectivity index (χ3n) is 5.11. The molecule has 170 valence electrons. The van der Waals surface area contributed by atoms with E-state index >= 15 is 0 Å². The largest absolute Gasteiger partial charge is 0.394 e. The van der Waals surface area contributed by atoms with E-state index in [9.17, 15) is 9.18 Å². The maximum atomic E-state index is 13.3. The highest BCUT2D eigenvalue weighted by Gasteiger charge is 2.35. The number of rotatable bonds is 6. The summed E-state index contributed by atoms with van der Waals surface area (Å²) in [5.74, 6) is -0.520. The van der Waals surface area contributed by atoms with Crippen LogP contribution in [0.25, 0.3) is 0 Å². The Morgan fingerprint density at radius 2 is 2.09 bits per heavy atom. The number of nitrogens with one attached hydrogen (secondary N) is 1. The first-order valence-electron chi connectivity index (χ1n) is 10.1. The number of aliphatic hydroxyl groups excluding tert-OH is 1. The number of aliphatic hydroxyl groups is 1. The fourth-order valence-corrected chi connectivity index (χ4v) is 3.58. The Bertz CT molecular complexity index is 1030. The predicted molar refractivity (Wildman–Crippen MR) is 112 cm³/mol. The predicted octanol–water partition coefficient (Wildman–Crippen LogP) is 1.78. The molecule has 2 aromatic rings. The molecule has 1 saturated heterocycles. The molecule has 32 heavy (non-hydrogen) atoms. The summed E-state index contributed by atoms with van der Waals surface area (Å²) in [7, 11) is 0. The molecule has 9 nitrogen and oxygen atoms in total. The molecule has 3 heterocycles. The second kappa shape index (κ2) is 9.86. The second-order valence-corrected chi connectivity index (χ2v) is 7.92. The van der Waals surface area contributed by atoms with Crippen molar-refractivity contribution >= 4 is 23.2 Å². The summed E-state index contributed by atoms with van der Waals surface area (Å²) in [5.41, 5.74) is 1.90. The molecule has 0 aliphatic carbocycles. The van der Waals surface area contributed by atoms with Crippen molar-refractivity contribution in [2.24, 2.45) is 5.16 Å². The number of aryl methyl sites for hydroxylation is 1. The van der Waals surface area contributed by atoms with Gasteiger partial charge in [-0.15, -0.1) is 0 Å². The number of halogens is 2. The Hall–Kier alpha value is -2.66. The molecule has 1 fully saturated rings. The lowest BCUT2D eigenvalue weighted by Crippen LogP contribution is -2.43. The average molecular weight is 465 g/mol. The van der Waals surface area contributed by atoms with Gasteiger partial charge in [0.1, 0.15) is 35.3 Å². The van der Waals surface area contributed by atoms with Gasteiger partial charge < -0.3 is 24.7 Å². The van der Waals surface area contributed by atoms with Crippen molar-refractivity contribution in [3.63, 3.8) is 0 Å². The quantitative estimate of drug-likeness (QED) is 0.669. The number of carbonyl (C=O) groups excluding carboxylic acids is 1. The van der Waals surface area contributed by atoms with E-state index in [0.29, 0.717) is 35.8 Å². The fourth-order valence-electron chi connectivity index (χ4n) is 3.38. The van der Waals surface area contributed by atoms with Crippen molar-refractivity contribution in [2.45, 2.75) is 38.2 Å². The minimum absolute atomic E-state index is 0.00931. The number of ether oxygens (including phenoxy) is 2. The monoisotopic (exact) mass is 464 g/mol. The summed E-state index contributed by atoms with van der Waals surface area (Å²) in [5, 5.41) is 16.0. The van der Waals surface area contributed by atoms with Gasteiger partial charge in [0, 0.05) is 13.0 Å². The van der Waals surface area contributed by atoms with Crippen LogP contribution in [0.5, 0.6) is 0 Å². The first kappa shape index (κ1) is 22.5. The molecule has 4 rings (SSSR count). The van der Waals surface area contributed by atoms with Crippen LogP contribution in [0.1, 0.15) is 34.0 Å². The van der Waals surface area contributed by atoms with Gasteiger partial charge in [0.2, 0.25) is 0 Å². The van der Waals surface area contributed by atoms with Crippen LogP contribution in [-0.4, -0.2) is 64.8 Å². The van der Waals surface area contributed by atoms with Crippen molar-refractivity contribution in [1.29, 1.82) is 0 Å². The number of carbonyl (C=O) groups is 1. The molecule has 0 spiro atoms. The van der Waals surface area contributed by atoms with Crippen molar-refractivity contribution in [3.8, 4) is 0 Å². The van der Waals surface area contributed by atoms with Gasteiger partial charge in [0.15, 0.2) is 6.10 Å². The van der Waals surface area contributed by atoms with Gasteiger partial charge in [-0.3, -0.25) is 4.79 Å². The molecule has 11 heteroatoms. The molecule has 2 unspecified atom stereocenters. The van der Waals surface area contributed by atoms with Gasteiger partial charge in [0.05, 0.1) is 30.5 Å². The van der Waals surface area contributed by atoms with Crippen LogP contribution < -0.4 is 5.32 Å². The van der Waals surface area contributed by atoms with Gasteiger partial charge in [-0.2, -0.15) is 0 Å².